The zero-order valence-corrected chi connectivity index (χ0v) is 18.2. The number of hydrogen-bond acceptors (Lipinski definition) is 5. The molecule has 1 N–H and O–H groups in total. The summed E-state index contributed by atoms with van der Waals surface area (Å²) in [4.78, 5) is 27.5. The van der Waals surface area contributed by atoms with Gasteiger partial charge in [-0.05, 0) is 53.4 Å². The summed E-state index contributed by atoms with van der Waals surface area (Å²) in [6.07, 6.45) is 1.52. The van der Waals surface area contributed by atoms with Gasteiger partial charge in [-0.2, -0.15) is 0 Å². The molecule has 2 aromatic carbocycles. The van der Waals surface area contributed by atoms with Crippen LogP contribution in [0.5, 0.6) is 5.75 Å². The maximum absolute atomic E-state index is 13.1. The van der Waals surface area contributed by atoms with E-state index in [-0.39, 0.29) is 17.9 Å². The van der Waals surface area contributed by atoms with Crippen LogP contribution in [0, 0.1) is 0 Å². The van der Waals surface area contributed by atoms with Crippen molar-refractivity contribution in [3.8, 4) is 5.75 Å². The molecule has 32 heavy (non-hydrogen) atoms. The van der Waals surface area contributed by atoms with Crippen molar-refractivity contribution in [1.82, 2.24) is 4.90 Å². The lowest BCUT2D eigenvalue weighted by Gasteiger charge is -2.25. The summed E-state index contributed by atoms with van der Waals surface area (Å²) in [6, 6.07) is 17.2. The van der Waals surface area contributed by atoms with Crippen LogP contribution in [-0.4, -0.2) is 28.8 Å². The Morgan fingerprint density at radius 2 is 1.75 bits per heavy atom. The summed E-state index contributed by atoms with van der Waals surface area (Å²) in [5.74, 6) is -0.0818. The van der Waals surface area contributed by atoms with Crippen molar-refractivity contribution in [3.63, 3.8) is 0 Å². The summed E-state index contributed by atoms with van der Waals surface area (Å²) in [5, 5.41) is 11.1. The molecule has 3 aromatic rings. The van der Waals surface area contributed by atoms with E-state index < -0.39 is 17.7 Å². The molecule has 0 spiro atoms. The SMILES string of the molecule is COc1ccc(C(O)=C2C(=O)C(=O)N(Cc3ccco3)[C@H]2c2ccc(C(C)C)cc2)cc1. The summed E-state index contributed by atoms with van der Waals surface area (Å²) in [7, 11) is 1.55. The third-order valence-corrected chi connectivity index (χ3v) is 5.73. The molecule has 2 heterocycles. The first kappa shape index (κ1) is 21.4. The van der Waals surface area contributed by atoms with E-state index in [4.69, 9.17) is 9.15 Å². The Kier molecular flexibility index (Phi) is 5.86. The Bertz CT molecular complexity index is 1140. The zero-order valence-electron chi connectivity index (χ0n) is 18.2. The number of carbonyl (C=O) groups is 2. The minimum absolute atomic E-state index is 0.0593. The molecule has 164 valence electrons. The van der Waals surface area contributed by atoms with Crippen LogP contribution in [0.25, 0.3) is 5.76 Å². The quantitative estimate of drug-likeness (QED) is 0.336. The maximum Gasteiger partial charge on any atom is 0.296 e. The lowest BCUT2D eigenvalue weighted by atomic mass is 9.93. The topological polar surface area (TPSA) is 80.0 Å². The summed E-state index contributed by atoms with van der Waals surface area (Å²) in [5.41, 5.74) is 2.39. The Hall–Kier alpha value is -3.80. The first-order valence-electron chi connectivity index (χ1n) is 10.5. The normalized spacial score (nSPS) is 17.9. The van der Waals surface area contributed by atoms with E-state index in [2.05, 4.69) is 13.8 Å². The molecule has 1 fully saturated rings. The van der Waals surface area contributed by atoms with E-state index in [0.717, 1.165) is 11.1 Å². The van der Waals surface area contributed by atoms with E-state index in [9.17, 15) is 14.7 Å². The van der Waals surface area contributed by atoms with Crippen LogP contribution in [0.3, 0.4) is 0 Å². The number of aliphatic hydroxyl groups is 1. The van der Waals surface area contributed by atoms with Gasteiger partial charge in [0, 0.05) is 5.56 Å². The van der Waals surface area contributed by atoms with Gasteiger partial charge in [0.15, 0.2) is 0 Å². The third-order valence-electron chi connectivity index (χ3n) is 5.73. The van der Waals surface area contributed by atoms with E-state index in [0.29, 0.717) is 23.0 Å². The van der Waals surface area contributed by atoms with Crippen LogP contribution >= 0.6 is 0 Å². The minimum Gasteiger partial charge on any atom is -0.507 e. The monoisotopic (exact) mass is 431 g/mol. The van der Waals surface area contributed by atoms with Crippen molar-refractivity contribution in [2.75, 3.05) is 7.11 Å². The van der Waals surface area contributed by atoms with Crippen molar-refractivity contribution in [2.45, 2.75) is 32.4 Å². The number of aliphatic hydroxyl groups excluding tert-OH is 1. The number of amides is 1. The average Bonchev–Trinajstić information content (AvgIpc) is 3.41. The van der Waals surface area contributed by atoms with Gasteiger partial charge >= 0.3 is 0 Å². The van der Waals surface area contributed by atoms with Crippen LogP contribution in [0.15, 0.2) is 76.9 Å². The summed E-state index contributed by atoms with van der Waals surface area (Å²) < 4.78 is 10.6. The fourth-order valence-corrected chi connectivity index (χ4v) is 3.93. The standard InChI is InChI=1S/C26H25NO5/c1-16(2)17-6-8-18(9-7-17)23-22(24(28)19-10-12-20(31-3)13-11-19)25(29)26(30)27(23)15-21-5-4-14-32-21/h4-14,16,23,28H,15H2,1-3H3/t23-/m0/s1. The highest BCUT2D eigenvalue weighted by atomic mass is 16.5. The zero-order chi connectivity index (χ0) is 22.8. The predicted molar refractivity (Wildman–Crippen MR) is 120 cm³/mol. The number of nitrogens with zero attached hydrogens (tertiary/aromatic N) is 1. The van der Waals surface area contributed by atoms with Gasteiger partial charge in [0.2, 0.25) is 0 Å². The second-order valence-electron chi connectivity index (χ2n) is 8.06. The number of benzene rings is 2. The third kappa shape index (κ3) is 3.91. The van der Waals surface area contributed by atoms with Gasteiger partial charge in [0.1, 0.15) is 17.3 Å². The minimum atomic E-state index is -0.733. The molecule has 0 radical (unpaired) electrons. The number of rotatable bonds is 6. The van der Waals surface area contributed by atoms with Gasteiger partial charge in [0.25, 0.3) is 11.7 Å². The van der Waals surface area contributed by atoms with E-state index >= 15 is 0 Å². The van der Waals surface area contributed by atoms with Crippen LogP contribution in [0.4, 0.5) is 0 Å². The number of methoxy groups -OCH3 is 1. The number of furan rings is 1. The van der Waals surface area contributed by atoms with Crippen molar-refractivity contribution in [3.05, 3.63) is 95.0 Å². The number of Topliss-reactive ketones (excluding diaryl/α,β-unsaturated/α-hetero) is 1. The highest BCUT2D eigenvalue weighted by Crippen LogP contribution is 2.40. The van der Waals surface area contributed by atoms with E-state index in [1.807, 2.05) is 24.3 Å². The fourth-order valence-electron chi connectivity index (χ4n) is 3.93. The Labute approximate surface area is 186 Å². The van der Waals surface area contributed by atoms with Crippen molar-refractivity contribution >= 4 is 17.4 Å². The molecule has 1 aromatic heterocycles. The second-order valence-corrected chi connectivity index (χ2v) is 8.06. The number of likely N-dealkylation sites (tertiary alicyclic amines) is 1. The maximum atomic E-state index is 13.1. The van der Waals surface area contributed by atoms with Crippen LogP contribution < -0.4 is 4.74 Å². The molecule has 0 bridgehead atoms. The first-order valence-corrected chi connectivity index (χ1v) is 10.5. The summed E-state index contributed by atoms with van der Waals surface area (Å²) in [6.45, 7) is 4.32. The molecular formula is C26H25NO5. The predicted octanol–water partition coefficient (Wildman–Crippen LogP) is 5.03. The molecule has 4 rings (SSSR count). The van der Waals surface area contributed by atoms with Gasteiger partial charge in [-0.1, -0.05) is 38.1 Å². The number of ether oxygens (including phenoxy) is 1. The van der Waals surface area contributed by atoms with E-state index in [1.165, 1.54) is 11.2 Å². The highest BCUT2D eigenvalue weighted by Gasteiger charge is 2.46. The van der Waals surface area contributed by atoms with Crippen molar-refractivity contribution in [2.24, 2.45) is 0 Å². The highest BCUT2D eigenvalue weighted by molar-refractivity contribution is 6.46. The molecule has 6 heteroatoms. The molecule has 1 saturated heterocycles. The lowest BCUT2D eigenvalue weighted by molar-refractivity contribution is -0.140. The molecule has 1 aliphatic rings. The Morgan fingerprint density at radius 3 is 2.31 bits per heavy atom. The van der Waals surface area contributed by atoms with Crippen LogP contribution in [-0.2, 0) is 16.1 Å². The molecule has 0 saturated carbocycles. The number of ketones is 1. The van der Waals surface area contributed by atoms with Crippen molar-refractivity contribution < 1.29 is 23.8 Å². The molecule has 0 aliphatic carbocycles. The van der Waals surface area contributed by atoms with Gasteiger partial charge in [0.05, 0.1) is 31.5 Å². The summed E-state index contributed by atoms with van der Waals surface area (Å²) >= 11 is 0. The lowest BCUT2D eigenvalue weighted by Crippen LogP contribution is -2.29. The second kappa shape index (κ2) is 8.75. The largest absolute Gasteiger partial charge is 0.507 e. The van der Waals surface area contributed by atoms with Gasteiger partial charge in [-0.25, -0.2) is 0 Å². The van der Waals surface area contributed by atoms with Crippen molar-refractivity contribution in [1.29, 1.82) is 0 Å². The molecular weight excluding hydrogens is 406 g/mol. The van der Waals surface area contributed by atoms with Gasteiger partial charge in [-0.3, -0.25) is 9.59 Å². The first-order chi connectivity index (χ1) is 15.4. The molecule has 0 unspecified atom stereocenters. The smallest absolute Gasteiger partial charge is 0.296 e. The van der Waals surface area contributed by atoms with Gasteiger partial charge < -0.3 is 19.2 Å². The molecule has 6 nitrogen and oxygen atoms in total. The Balaban J connectivity index is 1.83. The van der Waals surface area contributed by atoms with Crippen LogP contribution in [0.2, 0.25) is 0 Å². The number of hydrogen-bond donors (Lipinski definition) is 1. The van der Waals surface area contributed by atoms with Crippen LogP contribution in [0.1, 0.15) is 48.3 Å². The molecule has 1 aliphatic heterocycles. The average molecular weight is 431 g/mol. The molecule has 1 amide bonds. The molecule has 1 atom stereocenters. The fraction of sp³-hybridized carbons (Fsp3) is 0.231. The van der Waals surface area contributed by atoms with Gasteiger partial charge in [-0.15, -0.1) is 0 Å². The van der Waals surface area contributed by atoms with E-state index in [1.54, 1.807) is 43.5 Å². The Morgan fingerprint density at radius 1 is 1.06 bits per heavy atom. The number of carbonyl (C=O) groups excluding carboxylic acids is 2.